The van der Waals surface area contributed by atoms with Crippen molar-refractivity contribution in [3.63, 3.8) is 0 Å². The quantitative estimate of drug-likeness (QED) is 0.440. The van der Waals surface area contributed by atoms with Gasteiger partial charge in [-0.1, -0.05) is 12.1 Å². The van der Waals surface area contributed by atoms with Crippen LogP contribution in [0.25, 0.3) is 20.2 Å². The van der Waals surface area contributed by atoms with Crippen molar-refractivity contribution in [1.29, 1.82) is 0 Å². The van der Waals surface area contributed by atoms with Gasteiger partial charge in [0, 0.05) is 19.8 Å². The number of ether oxygens (including phenoxy) is 1. The number of hydrogen-bond donors (Lipinski definition) is 0. The van der Waals surface area contributed by atoms with E-state index in [1.165, 1.54) is 25.2 Å². The highest BCUT2D eigenvalue weighted by atomic mass is 32.1. The molecule has 0 amide bonds. The fourth-order valence-corrected chi connectivity index (χ4v) is 4.39. The molecule has 0 aliphatic carbocycles. The molecule has 0 fully saturated rings. The van der Waals surface area contributed by atoms with Crippen LogP contribution in [0, 0.1) is 0 Å². The molecule has 2 heterocycles. The van der Waals surface area contributed by atoms with Crippen LogP contribution in [0.4, 0.5) is 0 Å². The van der Waals surface area contributed by atoms with E-state index < -0.39 is 0 Å². The van der Waals surface area contributed by atoms with Crippen LogP contribution < -0.4 is 0 Å². The third-order valence-corrected chi connectivity index (χ3v) is 5.74. The van der Waals surface area contributed by atoms with Gasteiger partial charge in [0.25, 0.3) is 0 Å². The minimum absolute atomic E-state index is 0.595. The van der Waals surface area contributed by atoms with Crippen LogP contribution in [0.5, 0.6) is 0 Å². The molecule has 2 nitrogen and oxygen atoms in total. The zero-order valence-corrected chi connectivity index (χ0v) is 14.0. The van der Waals surface area contributed by atoms with Gasteiger partial charge >= 0.3 is 0 Å². The summed E-state index contributed by atoms with van der Waals surface area (Å²) in [6, 6.07) is 16.5. The van der Waals surface area contributed by atoms with Crippen LogP contribution in [0.1, 0.15) is 20.8 Å². The lowest BCUT2D eigenvalue weighted by Crippen LogP contribution is -1.91. The maximum absolute atomic E-state index is 10.8. The second kappa shape index (κ2) is 6.24. The van der Waals surface area contributed by atoms with Gasteiger partial charge in [-0.2, -0.15) is 0 Å². The number of aldehydes is 1. The predicted octanol–water partition coefficient (Wildman–Crippen LogP) is 5.65. The molecular weight excluding hydrogens is 324 g/mol. The van der Waals surface area contributed by atoms with Crippen molar-refractivity contribution >= 4 is 49.1 Å². The summed E-state index contributed by atoms with van der Waals surface area (Å²) in [5.74, 6) is 0. The fourth-order valence-electron chi connectivity index (χ4n) is 2.64. The highest BCUT2D eigenvalue weighted by Crippen LogP contribution is 2.27. The van der Waals surface area contributed by atoms with Gasteiger partial charge in [0.1, 0.15) is 6.29 Å². The maximum atomic E-state index is 10.8. The van der Waals surface area contributed by atoms with Crippen molar-refractivity contribution in [2.45, 2.75) is 13.2 Å². The number of carbonyl (C=O) groups excluding carboxylic acids is 1. The van der Waals surface area contributed by atoms with Gasteiger partial charge in [0.2, 0.25) is 0 Å². The molecule has 0 aliphatic rings. The van der Waals surface area contributed by atoms with Crippen molar-refractivity contribution in [3.05, 3.63) is 69.9 Å². The molecule has 4 rings (SSSR count). The van der Waals surface area contributed by atoms with Crippen molar-refractivity contribution in [2.24, 2.45) is 0 Å². The molecule has 0 radical (unpaired) electrons. The summed E-state index contributed by atoms with van der Waals surface area (Å²) in [6.45, 7) is 1.21. The molecule has 0 aliphatic heterocycles. The molecule has 2 aromatic heterocycles. The van der Waals surface area contributed by atoms with Gasteiger partial charge in [0.15, 0.2) is 0 Å². The van der Waals surface area contributed by atoms with Gasteiger partial charge in [-0.05, 0) is 58.1 Å². The first-order chi connectivity index (χ1) is 11.3. The van der Waals surface area contributed by atoms with Crippen LogP contribution in [0.15, 0.2) is 53.9 Å². The number of benzene rings is 2. The van der Waals surface area contributed by atoms with E-state index in [9.17, 15) is 4.79 Å². The molecule has 0 saturated carbocycles. The lowest BCUT2D eigenvalue weighted by molar-refractivity contribution is 0.109. The topological polar surface area (TPSA) is 26.3 Å². The third kappa shape index (κ3) is 3.06. The Morgan fingerprint density at radius 2 is 1.83 bits per heavy atom. The van der Waals surface area contributed by atoms with Crippen LogP contribution in [0.3, 0.4) is 0 Å². The SMILES string of the molecule is O=Cc1ccc2sc(COCc3ccc4sccc4c3)cc2c1. The number of fused-ring (bicyclic) bond motifs is 2. The first kappa shape index (κ1) is 14.6. The van der Waals surface area contributed by atoms with E-state index in [-0.39, 0.29) is 0 Å². The molecule has 2 aromatic carbocycles. The van der Waals surface area contributed by atoms with Crippen molar-refractivity contribution in [2.75, 3.05) is 0 Å². The van der Waals surface area contributed by atoms with Crippen molar-refractivity contribution in [3.8, 4) is 0 Å². The number of rotatable bonds is 5. The Hall–Kier alpha value is -2.01. The van der Waals surface area contributed by atoms with Crippen LogP contribution >= 0.6 is 22.7 Å². The third-order valence-electron chi connectivity index (χ3n) is 3.76. The predicted molar refractivity (Wildman–Crippen MR) is 97.5 cm³/mol. The molecular formula is C19H14O2S2. The van der Waals surface area contributed by atoms with Crippen LogP contribution in [-0.4, -0.2) is 6.29 Å². The monoisotopic (exact) mass is 338 g/mol. The maximum Gasteiger partial charge on any atom is 0.150 e. The molecule has 0 bridgehead atoms. The molecule has 114 valence electrons. The van der Waals surface area contributed by atoms with E-state index in [0.717, 1.165) is 11.7 Å². The molecule has 0 atom stereocenters. The lowest BCUT2D eigenvalue weighted by Gasteiger charge is -2.03. The normalized spacial score (nSPS) is 11.3. The molecule has 4 heteroatoms. The first-order valence-electron chi connectivity index (χ1n) is 7.33. The number of hydrogen-bond acceptors (Lipinski definition) is 4. The van der Waals surface area contributed by atoms with E-state index in [4.69, 9.17) is 4.74 Å². The molecule has 0 N–H and O–H groups in total. The van der Waals surface area contributed by atoms with Crippen molar-refractivity contribution in [1.82, 2.24) is 0 Å². The first-order valence-corrected chi connectivity index (χ1v) is 9.03. The summed E-state index contributed by atoms with van der Waals surface area (Å²) in [5, 5.41) is 4.50. The van der Waals surface area contributed by atoms with E-state index >= 15 is 0 Å². The Kier molecular flexibility index (Phi) is 3.95. The summed E-state index contributed by atoms with van der Waals surface area (Å²) in [4.78, 5) is 12.0. The molecule has 23 heavy (non-hydrogen) atoms. The Bertz CT molecular complexity index is 981. The lowest BCUT2D eigenvalue weighted by atomic mass is 10.2. The van der Waals surface area contributed by atoms with Gasteiger partial charge in [-0.25, -0.2) is 0 Å². The Morgan fingerprint density at radius 3 is 2.74 bits per heavy atom. The molecule has 0 unspecified atom stereocenters. The van der Waals surface area contributed by atoms with Gasteiger partial charge in [0.05, 0.1) is 13.2 Å². The smallest absolute Gasteiger partial charge is 0.150 e. The standard InChI is InChI=1S/C19H14O2S2/c20-10-13-1-4-19-16(7-13)9-17(23-19)12-21-11-14-2-3-18-15(8-14)5-6-22-18/h1-10H,11-12H2. The summed E-state index contributed by atoms with van der Waals surface area (Å²) in [5.41, 5.74) is 1.91. The van der Waals surface area contributed by atoms with Crippen LogP contribution in [0.2, 0.25) is 0 Å². The number of carbonyl (C=O) groups is 1. The van der Waals surface area contributed by atoms with Gasteiger partial charge < -0.3 is 4.74 Å². The van der Waals surface area contributed by atoms with Gasteiger partial charge in [-0.15, -0.1) is 22.7 Å². The van der Waals surface area contributed by atoms with Crippen molar-refractivity contribution < 1.29 is 9.53 Å². The largest absolute Gasteiger partial charge is 0.371 e. The van der Waals surface area contributed by atoms with E-state index in [2.05, 4.69) is 35.7 Å². The average molecular weight is 338 g/mol. The molecule has 4 aromatic rings. The Balaban J connectivity index is 1.45. The van der Waals surface area contributed by atoms with E-state index in [1.54, 1.807) is 22.7 Å². The minimum Gasteiger partial charge on any atom is -0.371 e. The minimum atomic E-state index is 0.595. The highest BCUT2D eigenvalue weighted by molar-refractivity contribution is 7.19. The zero-order chi connectivity index (χ0) is 15.6. The van der Waals surface area contributed by atoms with E-state index in [1.807, 2.05) is 18.2 Å². The average Bonchev–Trinajstić information content (AvgIpc) is 3.19. The summed E-state index contributed by atoms with van der Waals surface area (Å²) in [6.07, 6.45) is 0.883. The van der Waals surface area contributed by atoms with Gasteiger partial charge in [-0.3, -0.25) is 4.79 Å². The Morgan fingerprint density at radius 1 is 0.913 bits per heavy atom. The summed E-state index contributed by atoms with van der Waals surface area (Å²) in [7, 11) is 0. The fraction of sp³-hybridized carbons (Fsp3) is 0.105. The summed E-state index contributed by atoms with van der Waals surface area (Å²) >= 11 is 3.47. The number of thiophene rings is 2. The second-order valence-corrected chi connectivity index (χ2v) is 7.53. The van der Waals surface area contributed by atoms with E-state index in [0.29, 0.717) is 18.8 Å². The molecule has 0 spiro atoms. The second-order valence-electron chi connectivity index (χ2n) is 5.41. The molecule has 0 saturated heterocycles. The van der Waals surface area contributed by atoms with Crippen LogP contribution in [-0.2, 0) is 18.0 Å². The summed E-state index contributed by atoms with van der Waals surface area (Å²) < 4.78 is 8.36. The Labute approximate surface area is 142 Å². The highest BCUT2D eigenvalue weighted by Gasteiger charge is 2.04. The zero-order valence-electron chi connectivity index (χ0n) is 12.3.